The average Bonchev–Trinajstić information content (AvgIpc) is 3.10. The Labute approximate surface area is 164 Å². The third-order valence-electron chi connectivity index (χ3n) is 4.13. The molecule has 0 bridgehead atoms. The molecule has 0 aliphatic carbocycles. The largest absolute Gasteiger partial charge is 0.405 e. The van der Waals surface area contributed by atoms with Crippen LogP contribution < -0.4 is 21.7 Å². The van der Waals surface area contributed by atoms with Gasteiger partial charge in [0.1, 0.15) is 12.2 Å². The molecular formula is C19H19F3N6O. The molecule has 2 aromatic heterocycles. The Morgan fingerprint density at radius 2 is 2.07 bits per heavy atom. The van der Waals surface area contributed by atoms with Gasteiger partial charge >= 0.3 is 12.2 Å². The normalized spacial score (nSPS) is 12.1. The number of alkyl halides is 3. The van der Waals surface area contributed by atoms with Crippen LogP contribution in [0.3, 0.4) is 0 Å². The number of carbonyl (C=O) groups excluding carboxylic acids is 1. The molecule has 1 aromatic carbocycles. The van der Waals surface area contributed by atoms with Crippen molar-refractivity contribution in [2.75, 3.05) is 18.9 Å². The molecule has 0 radical (unpaired) electrons. The van der Waals surface area contributed by atoms with Crippen LogP contribution in [0, 0.1) is 0 Å². The van der Waals surface area contributed by atoms with Gasteiger partial charge in [-0.1, -0.05) is 12.1 Å². The van der Waals surface area contributed by atoms with Gasteiger partial charge in [0, 0.05) is 36.3 Å². The number of amides is 2. The number of nitrogens with zero attached hydrogens (tertiary/aromatic N) is 2. The number of nitrogens with two attached hydrogens (primary N) is 1. The lowest BCUT2D eigenvalue weighted by Crippen LogP contribution is -2.36. The molecule has 0 saturated heterocycles. The number of nitrogens with one attached hydrogen (secondary N) is 3. The lowest BCUT2D eigenvalue weighted by molar-refractivity contribution is -0.122. The number of rotatable bonds is 5. The first-order valence-corrected chi connectivity index (χ1v) is 8.60. The van der Waals surface area contributed by atoms with Crippen molar-refractivity contribution in [3.05, 3.63) is 60.6 Å². The van der Waals surface area contributed by atoms with Gasteiger partial charge in [-0.25, -0.2) is 9.78 Å². The van der Waals surface area contributed by atoms with Gasteiger partial charge in [0.25, 0.3) is 0 Å². The van der Waals surface area contributed by atoms with Crippen LogP contribution >= 0.6 is 0 Å². The van der Waals surface area contributed by atoms with Crippen LogP contribution in [0.15, 0.2) is 55.0 Å². The van der Waals surface area contributed by atoms with Gasteiger partial charge in [0.15, 0.2) is 0 Å². The highest BCUT2D eigenvalue weighted by Crippen LogP contribution is 2.25. The molecule has 10 heteroatoms. The number of fused-ring (bicyclic) bond motifs is 1. The fourth-order valence-electron chi connectivity index (χ4n) is 2.80. The number of pyridine rings is 1. The number of aromatic nitrogens is 2. The Morgan fingerprint density at radius 3 is 2.76 bits per heavy atom. The molecule has 0 spiro atoms. The molecular weight excluding hydrogens is 385 g/mol. The van der Waals surface area contributed by atoms with Gasteiger partial charge < -0.3 is 21.7 Å². The Kier molecular flexibility index (Phi) is 5.62. The van der Waals surface area contributed by atoms with Crippen molar-refractivity contribution in [1.82, 2.24) is 20.0 Å². The number of urea groups is 1. The summed E-state index contributed by atoms with van der Waals surface area (Å²) < 4.78 is 38.5. The van der Waals surface area contributed by atoms with E-state index in [1.54, 1.807) is 36.8 Å². The van der Waals surface area contributed by atoms with Crippen LogP contribution in [0.2, 0.25) is 0 Å². The van der Waals surface area contributed by atoms with E-state index in [0.29, 0.717) is 11.3 Å². The molecule has 2 amide bonds. The molecule has 152 valence electrons. The Bertz CT molecular complexity index is 1060. The van der Waals surface area contributed by atoms with Gasteiger partial charge in [-0.2, -0.15) is 13.2 Å². The second-order valence-electron chi connectivity index (χ2n) is 6.12. The molecule has 0 atom stereocenters. The first-order valence-electron chi connectivity index (χ1n) is 8.60. The fourth-order valence-corrected chi connectivity index (χ4v) is 2.80. The smallest absolute Gasteiger partial charge is 0.403 e. The van der Waals surface area contributed by atoms with Crippen molar-refractivity contribution < 1.29 is 18.0 Å². The van der Waals surface area contributed by atoms with Crippen molar-refractivity contribution in [2.45, 2.75) is 6.18 Å². The van der Waals surface area contributed by atoms with Crippen molar-refractivity contribution in [1.29, 1.82) is 0 Å². The van der Waals surface area contributed by atoms with Gasteiger partial charge in [-0.15, -0.1) is 0 Å². The van der Waals surface area contributed by atoms with Crippen LogP contribution in [0.25, 0.3) is 22.6 Å². The fraction of sp³-hybridized carbons (Fsp3) is 0.158. The summed E-state index contributed by atoms with van der Waals surface area (Å²) in [6.07, 6.45) is 0.507. The molecule has 0 saturated carbocycles. The number of hydrogen-bond donors (Lipinski definition) is 4. The molecule has 3 aromatic rings. The maximum absolute atomic E-state index is 12.2. The van der Waals surface area contributed by atoms with E-state index in [0.717, 1.165) is 22.5 Å². The minimum absolute atomic E-state index is 0.359. The molecule has 0 fully saturated rings. The van der Waals surface area contributed by atoms with E-state index in [1.807, 2.05) is 28.8 Å². The maximum atomic E-state index is 12.2. The summed E-state index contributed by atoms with van der Waals surface area (Å²) in [6, 6.07) is 9.56. The molecule has 0 aliphatic rings. The van der Waals surface area contributed by atoms with Gasteiger partial charge in [-0.05, 0) is 24.3 Å². The Balaban J connectivity index is 1.83. The van der Waals surface area contributed by atoms with Crippen molar-refractivity contribution >= 4 is 23.1 Å². The minimum Gasteiger partial charge on any atom is -0.403 e. The predicted molar refractivity (Wildman–Crippen MR) is 105 cm³/mol. The summed E-state index contributed by atoms with van der Waals surface area (Å²) in [5.41, 5.74) is 9.78. The zero-order chi connectivity index (χ0) is 21.0. The third-order valence-corrected chi connectivity index (χ3v) is 4.13. The second-order valence-corrected chi connectivity index (χ2v) is 6.12. The van der Waals surface area contributed by atoms with Crippen LogP contribution in [-0.2, 0) is 0 Å². The van der Waals surface area contributed by atoms with Gasteiger partial charge in [-0.3, -0.25) is 4.40 Å². The standard InChI is InChI=1S/C19H19F3N6O/c1-24-15(9-23)12-5-6-28-16(10-25-17(28)8-12)13-3-2-4-14(7-13)27-18(29)26-11-19(20,21)22/h2-10,24H,11,23H2,1H3,(H2,26,27,29)/b15-9-. The quantitative estimate of drug-likeness (QED) is 0.525. The predicted octanol–water partition coefficient (Wildman–Crippen LogP) is 3.16. The second kappa shape index (κ2) is 8.13. The minimum atomic E-state index is -4.47. The summed E-state index contributed by atoms with van der Waals surface area (Å²) in [5, 5.41) is 7.16. The SMILES string of the molecule is CN/C(=C\N)c1ccn2c(-c3cccc(NC(=O)NCC(F)(F)F)c3)cnc2c1. The highest BCUT2D eigenvalue weighted by molar-refractivity contribution is 5.90. The molecule has 0 unspecified atom stereocenters. The molecule has 0 aliphatic heterocycles. The number of halogens is 3. The van der Waals surface area contributed by atoms with Crippen molar-refractivity contribution in [3.63, 3.8) is 0 Å². The first kappa shape index (κ1) is 20.1. The number of hydrogen-bond acceptors (Lipinski definition) is 4. The molecule has 2 heterocycles. The van der Waals surface area contributed by atoms with E-state index in [2.05, 4.69) is 15.6 Å². The number of anilines is 1. The van der Waals surface area contributed by atoms with Crippen LogP contribution in [-0.4, -0.2) is 35.2 Å². The first-order chi connectivity index (χ1) is 13.8. The Hall–Kier alpha value is -3.69. The molecule has 3 rings (SSSR count). The highest BCUT2D eigenvalue weighted by atomic mass is 19.4. The highest BCUT2D eigenvalue weighted by Gasteiger charge is 2.27. The number of imidazole rings is 1. The van der Waals surface area contributed by atoms with Crippen LogP contribution in [0.1, 0.15) is 5.56 Å². The number of benzene rings is 1. The van der Waals surface area contributed by atoms with E-state index >= 15 is 0 Å². The summed E-state index contributed by atoms with van der Waals surface area (Å²) in [4.78, 5) is 16.1. The van der Waals surface area contributed by atoms with Crippen LogP contribution in [0.4, 0.5) is 23.7 Å². The lowest BCUT2D eigenvalue weighted by Gasteiger charge is -2.11. The zero-order valence-electron chi connectivity index (χ0n) is 15.4. The summed E-state index contributed by atoms with van der Waals surface area (Å²) in [5.74, 6) is 0. The summed E-state index contributed by atoms with van der Waals surface area (Å²) in [6.45, 7) is -1.40. The lowest BCUT2D eigenvalue weighted by atomic mass is 10.1. The van der Waals surface area contributed by atoms with E-state index < -0.39 is 18.8 Å². The van der Waals surface area contributed by atoms with Crippen molar-refractivity contribution in [3.8, 4) is 11.3 Å². The van der Waals surface area contributed by atoms with E-state index in [1.165, 1.54) is 6.20 Å². The van der Waals surface area contributed by atoms with Crippen molar-refractivity contribution in [2.24, 2.45) is 5.73 Å². The molecule has 29 heavy (non-hydrogen) atoms. The summed E-state index contributed by atoms with van der Waals surface area (Å²) >= 11 is 0. The van der Waals surface area contributed by atoms with E-state index in [4.69, 9.17) is 5.73 Å². The van der Waals surface area contributed by atoms with Gasteiger partial charge in [0.2, 0.25) is 0 Å². The van der Waals surface area contributed by atoms with Gasteiger partial charge in [0.05, 0.1) is 17.6 Å². The monoisotopic (exact) mass is 404 g/mol. The summed E-state index contributed by atoms with van der Waals surface area (Å²) in [7, 11) is 1.77. The third kappa shape index (κ3) is 4.78. The Morgan fingerprint density at radius 1 is 1.28 bits per heavy atom. The van der Waals surface area contributed by atoms with E-state index in [9.17, 15) is 18.0 Å². The molecule has 7 nitrogen and oxygen atoms in total. The average molecular weight is 404 g/mol. The molecule has 5 N–H and O–H groups in total. The van der Waals surface area contributed by atoms with Crippen LogP contribution in [0.5, 0.6) is 0 Å². The number of carbonyl (C=O) groups is 1. The maximum Gasteiger partial charge on any atom is 0.405 e. The zero-order valence-corrected chi connectivity index (χ0v) is 15.4. The van der Waals surface area contributed by atoms with E-state index in [-0.39, 0.29) is 0 Å². The topological polar surface area (TPSA) is 96.5 Å².